The first-order valence-corrected chi connectivity index (χ1v) is 8.72. The highest BCUT2D eigenvalue weighted by Crippen LogP contribution is 2.36. The van der Waals surface area contributed by atoms with E-state index in [1.54, 1.807) is 0 Å². The molecule has 1 aromatic carbocycles. The number of halogens is 3. The summed E-state index contributed by atoms with van der Waals surface area (Å²) in [4.78, 5) is 37.9. The zero-order valence-corrected chi connectivity index (χ0v) is 14.7. The number of imide groups is 1. The largest absolute Gasteiger partial charge is 0.416 e. The van der Waals surface area contributed by atoms with Crippen LogP contribution in [0.25, 0.3) is 0 Å². The third kappa shape index (κ3) is 3.91. The Morgan fingerprint density at radius 2 is 1.81 bits per heavy atom. The van der Waals surface area contributed by atoms with Crippen LogP contribution in [0.5, 0.6) is 0 Å². The first-order chi connectivity index (χ1) is 12.6. The molecule has 9 heteroatoms. The van der Waals surface area contributed by atoms with E-state index >= 15 is 0 Å². The predicted octanol–water partition coefficient (Wildman–Crippen LogP) is 3.14. The number of amides is 4. The van der Waals surface area contributed by atoms with E-state index in [2.05, 4.69) is 17.6 Å². The molecule has 2 N–H and O–H groups in total. The van der Waals surface area contributed by atoms with Gasteiger partial charge in [-0.3, -0.25) is 14.5 Å². The van der Waals surface area contributed by atoms with Gasteiger partial charge < -0.3 is 10.6 Å². The molecule has 1 aromatic rings. The minimum absolute atomic E-state index is 0.154. The molecule has 3 rings (SSSR count). The average molecular weight is 383 g/mol. The number of benzene rings is 1. The fourth-order valence-corrected chi connectivity index (χ4v) is 3.50. The summed E-state index contributed by atoms with van der Waals surface area (Å²) in [7, 11) is 0. The van der Waals surface area contributed by atoms with E-state index in [1.807, 2.05) is 0 Å². The maximum Gasteiger partial charge on any atom is 0.416 e. The molecule has 1 saturated heterocycles. The van der Waals surface area contributed by atoms with Crippen LogP contribution in [0.3, 0.4) is 0 Å². The van der Waals surface area contributed by atoms with Crippen LogP contribution in [0.1, 0.15) is 38.2 Å². The van der Waals surface area contributed by atoms with Crippen molar-refractivity contribution in [1.29, 1.82) is 0 Å². The van der Waals surface area contributed by atoms with Crippen LogP contribution >= 0.6 is 0 Å². The van der Waals surface area contributed by atoms with E-state index in [-0.39, 0.29) is 5.69 Å². The van der Waals surface area contributed by atoms with E-state index in [0.29, 0.717) is 18.8 Å². The first kappa shape index (κ1) is 19.2. The lowest BCUT2D eigenvalue weighted by Gasteiger charge is -2.33. The Morgan fingerprint density at radius 1 is 1.22 bits per heavy atom. The Hall–Kier alpha value is -2.58. The SMILES string of the molecule is CC1CCC2(CC1)NC(=O)N(CC(=O)Nc1ccc(C(F)(F)F)cc1)C2=O. The minimum atomic E-state index is -4.46. The van der Waals surface area contributed by atoms with Crippen LogP contribution in [-0.4, -0.2) is 34.8 Å². The third-order valence-corrected chi connectivity index (χ3v) is 5.17. The number of urea groups is 1. The van der Waals surface area contributed by atoms with Crippen LogP contribution < -0.4 is 10.6 Å². The van der Waals surface area contributed by atoms with Gasteiger partial charge >= 0.3 is 12.2 Å². The number of alkyl halides is 3. The van der Waals surface area contributed by atoms with Gasteiger partial charge in [-0.2, -0.15) is 13.2 Å². The molecule has 0 aromatic heterocycles. The van der Waals surface area contributed by atoms with Crippen LogP contribution in [0.15, 0.2) is 24.3 Å². The molecule has 1 heterocycles. The van der Waals surface area contributed by atoms with E-state index in [9.17, 15) is 27.6 Å². The number of hydrogen-bond acceptors (Lipinski definition) is 3. The zero-order chi connectivity index (χ0) is 19.8. The van der Waals surface area contributed by atoms with Gasteiger partial charge in [-0.1, -0.05) is 6.92 Å². The second-order valence-corrected chi connectivity index (χ2v) is 7.21. The van der Waals surface area contributed by atoms with Gasteiger partial charge in [0.25, 0.3) is 5.91 Å². The molecule has 0 radical (unpaired) electrons. The maximum atomic E-state index is 12.7. The van der Waals surface area contributed by atoms with Gasteiger partial charge in [-0.05, 0) is 55.9 Å². The fraction of sp³-hybridized carbons (Fsp3) is 0.500. The molecule has 4 amide bonds. The Labute approximate surface area is 154 Å². The van der Waals surface area contributed by atoms with Gasteiger partial charge in [-0.15, -0.1) is 0 Å². The minimum Gasteiger partial charge on any atom is -0.325 e. The second-order valence-electron chi connectivity index (χ2n) is 7.21. The van der Waals surface area contributed by atoms with Crippen molar-refractivity contribution in [2.45, 2.75) is 44.3 Å². The highest BCUT2D eigenvalue weighted by atomic mass is 19.4. The molecule has 0 unspecified atom stereocenters. The Bertz CT molecular complexity index is 753. The first-order valence-electron chi connectivity index (χ1n) is 8.72. The summed E-state index contributed by atoms with van der Waals surface area (Å²) >= 11 is 0. The van der Waals surface area contributed by atoms with Gasteiger partial charge in [0.1, 0.15) is 12.1 Å². The van der Waals surface area contributed by atoms with Gasteiger partial charge in [-0.25, -0.2) is 4.79 Å². The number of nitrogens with one attached hydrogen (secondary N) is 2. The van der Waals surface area contributed by atoms with Crippen molar-refractivity contribution in [3.8, 4) is 0 Å². The summed E-state index contributed by atoms with van der Waals surface area (Å²) in [5.74, 6) is -0.584. The Morgan fingerprint density at radius 3 is 2.37 bits per heavy atom. The standard InChI is InChI=1S/C18H20F3N3O3/c1-11-6-8-17(9-7-11)15(26)24(16(27)23-17)10-14(25)22-13-4-2-12(3-5-13)18(19,20)21/h2-5,11H,6-10H2,1H3,(H,22,25)(H,23,27). The van der Waals surface area contributed by atoms with Crippen LogP contribution in [0.4, 0.5) is 23.7 Å². The zero-order valence-electron chi connectivity index (χ0n) is 14.7. The second kappa shape index (κ2) is 6.86. The quantitative estimate of drug-likeness (QED) is 0.787. The molecule has 1 aliphatic heterocycles. The number of rotatable bonds is 3. The number of carbonyl (C=O) groups excluding carboxylic acids is 3. The van der Waals surface area contributed by atoms with Crippen LogP contribution in [0, 0.1) is 5.92 Å². The summed E-state index contributed by atoms with van der Waals surface area (Å²) in [6, 6.07) is 3.33. The van der Waals surface area contributed by atoms with Crippen molar-refractivity contribution in [1.82, 2.24) is 10.2 Å². The van der Waals surface area contributed by atoms with E-state index in [4.69, 9.17) is 0 Å². The fourth-order valence-electron chi connectivity index (χ4n) is 3.50. The van der Waals surface area contributed by atoms with E-state index < -0.39 is 41.7 Å². The molecular formula is C18H20F3N3O3. The lowest BCUT2D eigenvalue weighted by Crippen LogP contribution is -2.49. The highest BCUT2D eigenvalue weighted by Gasteiger charge is 2.52. The summed E-state index contributed by atoms with van der Waals surface area (Å²) in [5.41, 5.74) is -1.61. The Balaban J connectivity index is 1.62. The molecule has 6 nitrogen and oxygen atoms in total. The number of carbonyl (C=O) groups is 3. The van der Waals surface area contributed by atoms with Crippen LogP contribution in [-0.2, 0) is 15.8 Å². The summed E-state index contributed by atoms with van der Waals surface area (Å²) in [6.45, 7) is 1.60. The summed E-state index contributed by atoms with van der Waals surface area (Å²) in [5, 5.41) is 5.12. The normalized spacial score (nSPS) is 25.6. The molecular weight excluding hydrogens is 363 g/mol. The molecule has 1 aliphatic carbocycles. The van der Waals surface area contributed by atoms with Crippen molar-refractivity contribution in [2.24, 2.45) is 5.92 Å². The molecule has 2 aliphatic rings. The summed E-state index contributed by atoms with van der Waals surface area (Å²) in [6.07, 6.45) is -1.75. The van der Waals surface area contributed by atoms with E-state index in [1.165, 1.54) is 0 Å². The molecule has 0 atom stereocenters. The topological polar surface area (TPSA) is 78.5 Å². The van der Waals surface area contributed by atoms with Crippen molar-refractivity contribution in [3.05, 3.63) is 29.8 Å². The van der Waals surface area contributed by atoms with Crippen LogP contribution in [0.2, 0.25) is 0 Å². The van der Waals surface area contributed by atoms with Crippen molar-refractivity contribution in [3.63, 3.8) is 0 Å². The smallest absolute Gasteiger partial charge is 0.325 e. The lowest BCUT2D eigenvalue weighted by molar-refractivity contribution is -0.137. The van der Waals surface area contributed by atoms with E-state index in [0.717, 1.165) is 42.0 Å². The van der Waals surface area contributed by atoms with Gasteiger partial charge in [0.15, 0.2) is 0 Å². The third-order valence-electron chi connectivity index (χ3n) is 5.17. The molecule has 146 valence electrons. The number of hydrogen-bond donors (Lipinski definition) is 2. The molecule has 1 spiro atoms. The van der Waals surface area contributed by atoms with Crippen molar-refractivity contribution >= 4 is 23.5 Å². The molecule has 1 saturated carbocycles. The Kier molecular flexibility index (Phi) is 4.88. The lowest BCUT2D eigenvalue weighted by atomic mass is 9.77. The van der Waals surface area contributed by atoms with Crippen molar-refractivity contribution < 1.29 is 27.6 Å². The molecule has 2 fully saturated rings. The molecule has 0 bridgehead atoms. The molecule has 27 heavy (non-hydrogen) atoms. The maximum absolute atomic E-state index is 12.7. The number of anilines is 1. The number of nitrogens with zero attached hydrogens (tertiary/aromatic N) is 1. The van der Waals surface area contributed by atoms with Gasteiger partial charge in [0, 0.05) is 5.69 Å². The van der Waals surface area contributed by atoms with Crippen molar-refractivity contribution in [2.75, 3.05) is 11.9 Å². The monoisotopic (exact) mass is 383 g/mol. The predicted molar refractivity (Wildman–Crippen MR) is 90.7 cm³/mol. The summed E-state index contributed by atoms with van der Waals surface area (Å²) < 4.78 is 37.7. The average Bonchev–Trinajstić information content (AvgIpc) is 2.82. The van der Waals surface area contributed by atoms with Gasteiger partial charge in [0.2, 0.25) is 5.91 Å². The van der Waals surface area contributed by atoms with Gasteiger partial charge in [0.05, 0.1) is 5.56 Å². The highest BCUT2D eigenvalue weighted by molar-refractivity contribution is 6.10.